The van der Waals surface area contributed by atoms with Crippen molar-refractivity contribution in [1.82, 2.24) is 20.6 Å². The molecule has 15 heavy (non-hydrogen) atoms. The van der Waals surface area contributed by atoms with Gasteiger partial charge in [0.25, 0.3) is 5.95 Å². The van der Waals surface area contributed by atoms with E-state index in [9.17, 15) is 4.79 Å². The van der Waals surface area contributed by atoms with Crippen LogP contribution >= 0.6 is 0 Å². The van der Waals surface area contributed by atoms with Crippen LogP contribution in [-0.4, -0.2) is 26.5 Å². The summed E-state index contributed by atoms with van der Waals surface area (Å²) in [6.07, 6.45) is 6.71. The normalized spacial score (nSPS) is 16.8. The maximum absolute atomic E-state index is 11.4. The third-order valence-corrected chi connectivity index (χ3v) is 2.85. The van der Waals surface area contributed by atoms with Gasteiger partial charge in [0.05, 0.1) is 0 Å². The van der Waals surface area contributed by atoms with E-state index in [1.54, 1.807) is 0 Å². The van der Waals surface area contributed by atoms with Gasteiger partial charge in [-0.05, 0) is 17.6 Å². The Bertz CT molecular complexity index is 304. The predicted octanol–water partition coefficient (Wildman–Crippen LogP) is 1.11. The number of carbonyl (C=O) groups is 1. The lowest BCUT2D eigenvalue weighted by atomic mass is 10.0. The minimum absolute atomic E-state index is 0.0247. The van der Waals surface area contributed by atoms with Gasteiger partial charge in [-0.2, -0.15) is 5.21 Å². The lowest BCUT2D eigenvalue weighted by Gasteiger charge is -2.06. The van der Waals surface area contributed by atoms with Crippen molar-refractivity contribution in [1.29, 1.82) is 0 Å². The summed E-state index contributed by atoms with van der Waals surface area (Å²) in [5.74, 6) is 0.968. The molecule has 1 heterocycles. The van der Waals surface area contributed by atoms with Crippen LogP contribution in [0.1, 0.15) is 38.5 Å². The molecule has 0 aliphatic heterocycles. The zero-order chi connectivity index (χ0) is 10.5. The third-order valence-electron chi connectivity index (χ3n) is 2.85. The number of nitrogens with one attached hydrogen (secondary N) is 2. The summed E-state index contributed by atoms with van der Waals surface area (Å²) in [5.41, 5.74) is 0. The van der Waals surface area contributed by atoms with E-state index in [2.05, 4.69) is 25.9 Å². The molecule has 0 unspecified atom stereocenters. The molecule has 1 aromatic heterocycles. The number of amides is 1. The zero-order valence-electron chi connectivity index (χ0n) is 8.57. The Morgan fingerprint density at radius 2 is 2.27 bits per heavy atom. The van der Waals surface area contributed by atoms with Gasteiger partial charge in [-0.15, -0.1) is 5.10 Å². The summed E-state index contributed by atoms with van der Waals surface area (Å²) >= 11 is 0. The number of aromatic amines is 1. The van der Waals surface area contributed by atoms with E-state index in [0.717, 1.165) is 12.3 Å². The number of anilines is 1. The number of hydrogen-bond donors (Lipinski definition) is 2. The highest BCUT2D eigenvalue weighted by Crippen LogP contribution is 2.28. The fraction of sp³-hybridized carbons (Fsp3) is 0.778. The van der Waals surface area contributed by atoms with Gasteiger partial charge >= 0.3 is 0 Å². The summed E-state index contributed by atoms with van der Waals surface area (Å²) < 4.78 is 0. The highest BCUT2D eigenvalue weighted by atomic mass is 16.1. The van der Waals surface area contributed by atoms with Crippen LogP contribution in [0, 0.1) is 5.92 Å². The average Bonchev–Trinajstić information content (AvgIpc) is 2.86. The third kappa shape index (κ3) is 3.00. The van der Waals surface area contributed by atoms with Gasteiger partial charge in [0.1, 0.15) is 0 Å². The number of H-pyrrole nitrogens is 1. The van der Waals surface area contributed by atoms with Crippen molar-refractivity contribution < 1.29 is 4.79 Å². The van der Waals surface area contributed by atoms with E-state index in [1.807, 2.05) is 0 Å². The summed E-state index contributed by atoms with van der Waals surface area (Å²) in [4.78, 5) is 11.4. The van der Waals surface area contributed by atoms with Crippen LogP contribution < -0.4 is 5.32 Å². The first-order valence-electron chi connectivity index (χ1n) is 5.38. The molecule has 82 valence electrons. The van der Waals surface area contributed by atoms with E-state index in [-0.39, 0.29) is 11.9 Å². The van der Waals surface area contributed by atoms with Gasteiger partial charge in [-0.3, -0.25) is 10.1 Å². The molecule has 0 bridgehead atoms. The molecule has 6 nitrogen and oxygen atoms in total. The predicted molar refractivity (Wildman–Crippen MR) is 54.0 cm³/mol. The van der Waals surface area contributed by atoms with Crippen molar-refractivity contribution in [2.24, 2.45) is 5.92 Å². The monoisotopic (exact) mass is 209 g/mol. The number of hydrogen-bond acceptors (Lipinski definition) is 4. The van der Waals surface area contributed by atoms with E-state index < -0.39 is 0 Å². The second kappa shape index (κ2) is 4.86. The second-order valence-electron chi connectivity index (χ2n) is 3.97. The minimum atomic E-state index is -0.0247. The molecule has 0 saturated heterocycles. The Morgan fingerprint density at radius 3 is 2.93 bits per heavy atom. The molecule has 6 heteroatoms. The van der Waals surface area contributed by atoms with Gasteiger partial charge in [-0.1, -0.05) is 30.8 Å². The zero-order valence-corrected chi connectivity index (χ0v) is 8.57. The van der Waals surface area contributed by atoms with Gasteiger partial charge in [-0.25, -0.2) is 0 Å². The number of aromatic nitrogens is 4. The largest absolute Gasteiger partial charge is 0.292 e. The van der Waals surface area contributed by atoms with Crippen LogP contribution in [0.2, 0.25) is 0 Å². The van der Waals surface area contributed by atoms with Crippen LogP contribution in [0.15, 0.2) is 0 Å². The summed E-state index contributed by atoms with van der Waals surface area (Å²) in [5, 5.41) is 15.6. The van der Waals surface area contributed by atoms with Gasteiger partial charge in [0.2, 0.25) is 5.91 Å². The number of carbonyl (C=O) groups excluding carboxylic acids is 1. The van der Waals surface area contributed by atoms with E-state index in [0.29, 0.717) is 6.42 Å². The highest BCUT2D eigenvalue weighted by molar-refractivity contribution is 5.88. The minimum Gasteiger partial charge on any atom is -0.292 e. The fourth-order valence-corrected chi connectivity index (χ4v) is 2.04. The SMILES string of the molecule is O=C(CCC1CCCC1)Nc1nn[nH]n1. The maximum Gasteiger partial charge on any atom is 0.269 e. The summed E-state index contributed by atoms with van der Waals surface area (Å²) in [6, 6.07) is 0. The highest BCUT2D eigenvalue weighted by Gasteiger charge is 2.16. The summed E-state index contributed by atoms with van der Waals surface area (Å²) in [6.45, 7) is 0. The smallest absolute Gasteiger partial charge is 0.269 e. The van der Waals surface area contributed by atoms with Crippen molar-refractivity contribution in [3.8, 4) is 0 Å². The number of rotatable bonds is 4. The first kappa shape index (κ1) is 10.1. The lowest BCUT2D eigenvalue weighted by Crippen LogP contribution is -2.13. The van der Waals surface area contributed by atoms with Crippen LogP contribution in [-0.2, 0) is 4.79 Å². The molecule has 1 aromatic rings. The standard InChI is InChI=1S/C9H15N5O/c15-8(10-9-11-13-14-12-9)6-5-7-3-1-2-4-7/h7H,1-6H2,(H2,10,11,12,13,14,15). The van der Waals surface area contributed by atoms with E-state index in [4.69, 9.17) is 0 Å². The lowest BCUT2D eigenvalue weighted by molar-refractivity contribution is -0.116. The molecule has 0 atom stereocenters. The maximum atomic E-state index is 11.4. The molecule has 1 saturated carbocycles. The van der Waals surface area contributed by atoms with Crippen molar-refractivity contribution in [3.05, 3.63) is 0 Å². The summed E-state index contributed by atoms with van der Waals surface area (Å²) in [7, 11) is 0. The first-order valence-corrected chi connectivity index (χ1v) is 5.38. The van der Waals surface area contributed by atoms with Crippen LogP contribution in [0.3, 0.4) is 0 Å². The van der Waals surface area contributed by atoms with Crippen LogP contribution in [0.4, 0.5) is 5.95 Å². The van der Waals surface area contributed by atoms with Gasteiger partial charge < -0.3 is 0 Å². The Labute approximate surface area is 87.8 Å². The van der Waals surface area contributed by atoms with E-state index >= 15 is 0 Å². The molecular weight excluding hydrogens is 194 g/mol. The molecule has 0 aromatic carbocycles. The van der Waals surface area contributed by atoms with Gasteiger partial charge in [0, 0.05) is 6.42 Å². The number of nitrogens with zero attached hydrogens (tertiary/aromatic N) is 3. The van der Waals surface area contributed by atoms with E-state index in [1.165, 1.54) is 25.7 Å². The molecule has 1 amide bonds. The molecule has 1 aliphatic carbocycles. The molecule has 2 N–H and O–H groups in total. The Kier molecular flexibility index (Phi) is 3.26. The van der Waals surface area contributed by atoms with Crippen molar-refractivity contribution in [3.63, 3.8) is 0 Å². The Morgan fingerprint density at radius 1 is 1.47 bits per heavy atom. The topological polar surface area (TPSA) is 83.6 Å². The van der Waals surface area contributed by atoms with Crippen LogP contribution in [0.25, 0.3) is 0 Å². The molecule has 2 rings (SSSR count). The van der Waals surface area contributed by atoms with Crippen molar-refractivity contribution in [2.45, 2.75) is 38.5 Å². The molecule has 0 spiro atoms. The average molecular weight is 209 g/mol. The second-order valence-corrected chi connectivity index (χ2v) is 3.97. The molecule has 1 aliphatic rings. The molecular formula is C9H15N5O. The quantitative estimate of drug-likeness (QED) is 0.778. The number of tetrazole rings is 1. The first-order chi connectivity index (χ1) is 7.34. The van der Waals surface area contributed by atoms with Gasteiger partial charge in [0.15, 0.2) is 0 Å². The van der Waals surface area contributed by atoms with Crippen LogP contribution in [0.5, 0.6) is 0 Å². The van der Waals surface area contributed by atoms with Crippen molar-refractivity contribution in [2.75, 3.05) is 5.32 Å². The Balaban J connectivity index is 1.68. The molecule has 1 fully saturated rings. The van der Waals surface area contributed by atoms with Crippen molar-refractivity contribution >= 4 is 11.9 Å². The Hall–Kier alpha value is -1.46. The fourth-order valence-electron chi connectivity index (χ4n) is 2.04. The molecule has 0 radical (unpaired) electrons.